The van der Waals surface area contributed by atoms with Crippen LogP contribution in [0.5, 0.6) is 0 Å². The third kappa shape index (κ3) is 8.83. The Morgan fingerprint density at radius 2 is 2.06 bits per heavy atom. The van der Waals surface area contributed by atoms with Gasteiger partial charge >= 0.3 is 0 Å². The molecular formula is C21H38IN5O3S. The summed E-state index contributed by atoms with van der Waals surface area (Å²) in [4.78, 5) is 9.45. The van der Waals surface area contributed by atoms with E-state index in [-0.39, 0.29) is 35.4 Å². The fourth-order valence-corrected chi connectivity index (χ4v) is 4.80. The highest BCUT2D eigenvalue weighted by molar-refractivity contribution is 14.0. The molecule has 0 spiro atoms. The highest BCUT2D eigenvalue weighted by Gasteiger charge is 2.26. The molecule has 0 aliphatic carbocycles. The zero-order chi connectivity index (χ0) is 22.0. The van der Waals surface area contributed by atoms with Crippen LogP contribution in [0, 0.1) is 5.92 Å². The molecule has 0 aromatic heterocycles. The molecule has 2 N–H and O–H groups in total. The fraction of sp³-hybridized carbons (Fsp3) is 0.667. The minimum atomic E-state index is -3.54. The van der Waals surface area contributed by atoms with Gasteiger partial charge in [-0.2, -0.15) is 0 Å². The van der Waals surface area contributed by atoms with Crippen LogP contribution in [0.2, 0.25) is 0 Å². The number of aliphatic imine (C=N–C) groups is 1. The molecule has 1 unspecified atom stereocenters. The van der Waals surface area contributed by atoms with Crippen molar-refractivity contribution in [1.29, 1.82) is 0 Å². The molecule has 1 aliphatic heterocycles. The van der Waals surface area contributed by atoms with Crippen LogP contribution in [0.15, 0.2) is 34.2 Å². The minimum absolute atomic E-state index is 0. The molecule has 31 heavy (non-hydrogen) atoms. The second kappa shape index (κ2) is 14.2. The Kier molecular flexibility index (Phi) is 12.9. The SMILES string of the molecule is CCN(CC)CC1CCN(C(=NC)NCc2cccc(S(=O)(=O)NCCOC)c2)C1.I. The van der Waals surface area contributed by atoms with Gasteiger partial charge in [0.25, 0.3) is 0 Å². The second-order valence-corrected chi connectivity index (χ2v) is 9.29. The lowest BCUT2D eigenvalue weighted by atomic mass is 10.1. The predicted molar refractivity (Wildman–Crippen MR) is 137 cm³/mol. The summed E-state index contributed by atoms with van der Waals surface area (Å²) < 4.78 is 32.3. The Balaban J connectivity index is 0.00000480. The molecule has 8 nitrogen and oxygen atoms in total. The third-order valence-corrected chi connectivity index (χ3v) is 6.92. The van der Waals surface area contributed by atoms with Crippen LogP contribution in [-0.4, -0.2) is 84.2 Å². The summed E-state index contributed by atoms with van der Waals surface area (Å²) in [6.45, 7) is 10.8. The smallest absolute Gasteiger partial charge is 0.240 e. The molecule has 1 saturated heterocycles. The summed E-state index contributed by atoms with van der Waals surface area (Å²) >= 11 is 0. The van der Waals surface area contributed by atoms with Crippen LogP contribution in [-0.2, 0) is 21.3 Å². The third-order valence-electron chi connectivity index (χ3n) is 5.47. The first-order valence-electron chi connectivity index (χ1n) is 10.7. The van der Waals surface area contributed by atoms with E-state index in [1.807, 2.05) is 6.07 Å². The molecule has 1 fully saturated rings. The average molecular weight is 568 g/mol. The summed E-state index contributed by atoms with van der Waals surface area (Å²) in [5.41, 5.74) is 0.893. The molecule has 0 saturated carbocycles. The molecule has 0 bridgehead atoms. The van der Waals surface area contributed by atoms with Gasteiger partial charge in [-0.3, -0.25) is 4.99 Å². The summed E-state index contributed by atoms with van der Waals surface area (Å²) in [6, 6.07) is 6.98. The standard InChI is InChI=1S/C21H37N5O3S.HI/c1-5-25(6-2)16-19-10-12-26(17-19)21(22-3)23-15-18-8-7-9-20(14-18)30(27,28)24-11-13-29-4;/h7-9,14,19,24H,5-6,10-13,15-17H2,1-4H3,(H,22,23);1H. The van der Waals surface area contributed by atoms with Gasteiger partial charge in [0.1, 0.15) is 0 Å². The Labute approximate surface area is 204 Å². The van der Waals surface area contributed by atoms with E-state index < -0.39 is 10.0 Å². The van der Waals surface area contributed by atoms with E-state index >= 15 is 0 Å². The number of sulfonamides is 1. The van der Waals surface area contributed by atoms with Crippen molar-refractivity contribution >= 4 is 40.0 Å². The largest absolute Gasteiger partial charge is 0.383 e. The van der Waals surface area contributed by atoms with Gasteiger partial charge in [0.2, 0.25) is 10.0 Å². The Bertz CT molecular complexity index is 787. The first-order chi connectivity index (χ1) is 14.4. The lowest BCUT2D eigenvalue weighted by molar-refractivity contribution is 0.204. The lowest BCUT2D eigenvalue weighted by Gasteiger charge is -2.24. The van der Waals surface area contributed by atoms with Gasteiger partial charge in [0.15, 0.2) is 5.96 Å². The summed E-state index contributed by atoms with van der Waals surface area (Å²) in [6.07, 6.45) is 1.16. The summed E-state index contributed by atoms with van der Waals surface area (Å²) in [5.74, 6) is 1.51. The van der Waals surface area contributed by atoms with Crippen molar-refractivity contribution in [1.82, 2.24) is 19.8 Å². The van der Waals surface area contributed by atoms with Crippen molar-refractivity contribution < 1.29 is 13.2 Å². The Hall–Kier alpha value is -0.950. The van der Waals surface area contributed by atoms with Crippen molar-refractivity contribution in [3.63, 3.8) is 0 Å². The van der Waals surface area contributed by atoms with Gasteiger partial charge < -0.3 is 19.9 Å². The van der Waals surface area contributed by atoms with Gasteiger partial charge in [-0.25, -0.2) is 13.1 Å². The average Bonchev–Trinajstić information content (AvgIpc) is 3.21. The number of methoxy groups -OCH3 is 1. The van der Waals surface area contributed by atoms with E-state index in [2.05, 4.69) is 38.7 Å². The predicted octanol–water partition coefficient (Wildman–Crippen LogP) is 1.97. The van der Waals surface area contributed by atoms with Crippen molar-refractivity contribution in [3.8, 4) is 0 Å². The number of hydrogen-bond donors (Lipinski definition) is 2. The first-order valence-corrected chi connectivity index (χ1v) is 12.2. The lowest BCUT2D eigenvalue weighted by Crippen LogP contribution is -2.40. The zero-order valence-electron chi connectivity index (χ0n) is 19.1. The topological polar surface area (TPSA) is 86.3 Å². The number of nitrogens with one attached hydrogen (secondary N) is 2. The Morgan fingerprint density at radius 3 is 2.71 bits per heavy atom. The second-order valence-electron chi connectivity index (χ2n) is 7.53. The summed E-state index contributed by atoms with van der Waals surface area (Å²) in [5, 5.41) is 3.39. The van der Waals surface area contributed by atoms with Gasteiger partial charge in [-0.1, -0.05) is 26.0 Å². The summed E-state index contributed by atoms with van der Waals surface area (Å²) in [7, 11) is -0.208. The van der Waals surface area contributed by atoms with Crippen LogP contribution in [0.25, 0.3) is 0 Å². The molecule has 1 atom stereocenters. The van der Waals surface area contributed by atoms with Crippen molar-refractivity contribution in [3.05, 3.63) is 29.8 Å². The van der Waals surface area contributed by atoms with E-state index in [1.54, 1.807) is 32.4 Å². The van der Waals surface area contributed by atoms with Crippen LogP contribution >= 0.6 is 24.0 Å². The number of guanidine groups is 1. The number of likely N-dealkylation sites (tertiary alicyclic amines) is 1. The molecular weight excluding hydrogens is 529 g/mol. The van der Waals surface area contributed by atoms with Crippen LogP contribution in [0.4, 0.5) is 0 Å². The van der Waals surface area contributed by atoms with Crippen LogP contribution < -0.4 is 10.0 Å². The van der Waals surface area contributed by atoms with Gasteiger partial charge in [-0.15, -0.1) is 24.0 Å². The number of nitrogens with zero attached hydrogens (tertiary/aromatic N) is 3. The zero-order valence-corrected chi connectivity index (χ0v) is 22.3. The van der Waals surface area contributed by atoms with E-state index in [0.29, 0.717) is 19.1 Å². The van der Waals surface area contributed by atoms with Gasteiger partial charge in [0, 0.05) is 46.9 Å². The number of benzene rings is 1. The number of hydrogen-bond acceptors (Lipinski definition) is 5. The van der Waals surface area contributed by atoms with Gasteiger partial charge in [-0.05, 0) is 43.1 Å². The molecule has 1 heterocycles. The molecule has 1 aromatic carbocycles. The fourth-order valence-electron chi connectivity index (χ4n) is 3.72. The van der Waals surface area contributed by atoms with Crippen molar-refractivity contribution in [2.75, 3.05) is 60.0 Å². The van der Waals surface area contributed by atoms with E-state index in [9.17, 15) is 8.42 Å². The number of halogens is 1. The van der Waals surface area contributed by atoms with Crippen molar-refractivity contribution in [2.45, 2.75) is 31.7 Å². The van der Waals surface area contributed by atoms with Crippen LogP contribution in [0.3, 0.4) is 0 Å². The molecule has 1 aliphatic rings. The minimum Gasteiger partial charge on any atom is -0.383 e. The normalized spacial score (nSPS) is 17.1. The number of ether oxygens (including phenoxy) is 1. The molecule has 178 valence electrons. The van der Waals surface area contributed by atoms with Gasteiger partial charge in [0.05, 0.1) is 11.5 Å². The first kappa shape index (κ1) is 28.1. The van der Waals surface area contributed by atoms with E-state index in [1.165, 1.54) is 0 Å². The maximum Gasteiger partial charge on any atom is 0.240 e. The molecule has 1 aromatic rings. The number of rotatable bonds is 11. The Morgan fingerprint density at radius 1 is 1.32 bits per heavy atom. The highest BCUT2D eigenvalue weighted by Crippen LogP contribution is 2.18. The monoisotopic (exact) mass is 567 g/mol. The van der Waals surface area contributed by atoms with E-state index in [0.717, 1.165) is 50.7 Å². The molecule has 0 amide bonds. The van der Waals surface area contributed by atoms with Crippen LogP contribution in [0.1, 0.15) is 25.8 Å². The molecule has 2 rings (SSSR count). The highest BCUT2D eigenvalue weighted by atomic mass is 127. The van der Waals surface area contributed by atoms with Crippen molar-refractivity contribution in [2.24, 2.45) is 10.9 Å². The van der Waals surface area contributed by atoms with E-state index in [4.69, 9.17) is 4.74 Å². The quantitative estimate of drug-likeness (QED) is 0.184. The molecule has 0 radical (unpaired) electrons. The maximum atomic E-state index is 12.4. The molecule has 10 heteroatoms. The maximum absolute atomic E-state index is 12.4.